The zero-order chi connectivity index (χ0) is 14.4. The van der Waals surface area contributed by atoms with E-state index >= 15 is 0 Å². The average molecular weight is 283 g/mol. The third-order valence-electron chi connectivity index (χ3n) is 4.09. The molecule has 0 heterocycles. The molecule has 0 aromatic rings. The fourth-order valence-corrected chi connectivity index (χ4v) is 2.42. The predicted molar refractivity (Wildman–Crippen MR) is 78.6 cm³/mol. The zero-order valence-electron chi connectivity index (χ0n) is 13.0. The Morgan fingerprint density at radius 3 is 2.60 bits per heavy atom. The van der Waals surface area contributed by atoms with Crippen LogP contribution in [0, 0.1) is 5.92 Å². The number of hydrogen-bond acceptors (Lipinski definition) is 4. The van der Waals surface area contributed by atoms with Crippen molar-refractivity contribution in [3.63, 3.8) is 0 Å². The Morgan fingerprint density at radius 2 is 2.00 bits per heavy atom. The van der Waals surface area contributed by atoms with E-state index in [1.807, 2.05) is 13.8 Å². The lowest BCUT2D eigenvalue weighted by atomic mass is 9.94. The molecule has 2 fully saturated rings. The summed E-state index contributed by atoms with van der Waals surface area (Å²) in [7, 11) is 0. The van der Waals surface area contributed by atoms with Crippen molar-refractivity contribution in [1.82, 2.24) is 5.32 Å². The van der Waals surface area contributed by atoms with Crippen molar-refractivity contribution >= 4 is 5.97 Å². The first kappa shape index (κ1) is 15.8. The number of rotatable bonds is 11. The van der Waals surface area contributed by atoms with Gasteiger partial charge in [-0.3, -0.25) is 10.1 Å². The molecular weight excluding hydrogens is 254 g/mol. The molecular formula is C16H29NO3. The molecule has 1 atom stereocenters. The molecule has 0 spiro atoms. The number of carbonyl (C=O) groups excluding carboxylic acids is 1. The molecule has 4 nitrogen and oxygen atoms in total. The van der Waals surface area contributed by atoms with E-state index in [0.717, 1.165) is 38.4 Å². The van der Waals surface area contributed by atoms with Gasteiger partial charge in [0.25, 0.3) is 0 Å². The van der Waals surface area contributed by atoms with E-state index in [9.17, 15) is 4.79 Å². The van der Waals surface area contributed by atoms with Crippen LogP contribution in [0.3, 0.4) is 0 Å². The Balaban J connectivity index is 1.64. The molecule has 116 valence electrons. The molecule has 1 unspecified atom stereocenters. The van der Waals surface area contributed by atoms with Crippen LogP contribution in [0.5, 0.6) is 0 Å². The summed E-state index contributed by atoms with van der Waals surface area (Å²) in [6, 6.07) is 0.510. The van der Waals surface area contributed by atoms with Gasteiger partial charge in [0.2, 0.25) is 0 Å². The monoisotopic (exact) mass is 283 g/mol. The first-order chi connectivity index (χ1) is 9.64. The highest BCUT2D eigenvalue weighted by atomic mass is 16.5. The van der Waals surface area contributed by atoms with Crippen LogP contribution in [-0.4, -0.2) is 37.4 Å². The van der Waals surface area contributed by atoms with Gasteiger partial charge in [-0.05, 0) is 64.7 Å². The molecule has 0 amide bonds. The van der Waals surface area contributed by atoms with Gasteiger partial charge in [0, 0.05) is 19.3 Å². The summed E-state index contributed by atoms with van der Waals surface area (Å²) < 4.78 is 10.9. The van der Waals surface area contributed by atoms with Gasteiger partial charge in [-0.15, -0.1) is 0 Å². The van der Waals surface area contributed by atoms with Crippen molar-refractivity contribution in [1.29, 1.82) is 0 Å². The minimum atomic E-state index is -0.520. The summed E-state index contributed by atoms with van der Waals surface area (Å²) in [4.78, 5) is 12.1. The minimum Gasteiger partial charge on any atom is -0.465 e. The topological polar surface area (TPSA) is 47.6 Å². The Morgan fingerprint density at radius 1 is 1.25 bits per heavy atom. The predicted octanol–water partition coefficient (Wildman–Crippen LogP) is 2.66. The number of carbonyl (C=O) groups is 1. The maximum absolute atomic E-state index is 12.1. The smallest absolute Gasteiger partial charge is 0.326 e. The molecule has 2 saturated carbocycles. The van der Waals surface area contributed by atoms with E-state index in [1.165, 1.54) is 25.7 Å². The van der Waals surface area contributed by atoms with Gasteiger partial charge in [0.15, 0.2) is 0 Å². The third kappa shape index (κ3) is 5.41. The van der Waals surface area contributed by atoms with Crippen molar-refractivity contribution < 1.29 is 14.3 Å². The molecule has 0 saturated heterocycles. The zero-order valence-corrected chi connectivity index (χ0v) is 13.0. The highest BCUT2D eigenvalue weighted by Crippen LogP contribution is 2.29. The fourth-order valence-electron chi connectivity index (χ4n) is 2.42. The Bertz CT molecular complexity index is 313. The van der Waals surface area contributed by atoms with Crippen LogP contribution in [-0.2, 0) is 14.3 Å². The van der Waals surface area contributed by atoms with Crippen molar-refractivity contribution in [3.8, 4) is 0 Å². The molecule has 2 rings (SSSR count). The summed E-state index contributed by atoms with van der Waals surface area (Å²) in [5, 5.41) is 3.46. The van der Waals surface area contributed by atoms with E-state index in [-0.39, 0.29) is 5.97 Å². The van der Waals surface area contributed by atoms with Crippen LogP contribution < -0.4 is 5.32 Å². The number of ether oxygens (including phenoxy) is 2. The second-order valence-electron chi connectivity index (χ2n) is 6.45. The maximum Gasteiger partial charge on any atom is 0.326 e. The highest BCUT2D eigenvalue weighted by Gasteiger charge is 2.39. The van der Waals surface area contributed by atoms with Gasteiger partial charge < -0.3 is 9.47 Å². The van der Waals surface area contributed by atoms with Crippen LogP contribution in [0.2, 0.25) is 0 Å². The summed E-state index contributed by atoms with van der Waals surface area (Å²) in [5.74, 6) is 0.724. The van der Waals surface area contributed by atoms with Crippen molar-refractivity contribution in [2.45, 2.75) is 70.4 Å². The summed E-state index contributed by atoms with van der Waals surface area (Å²) in [5.41, 5.74) is -0.520. The Kier molecular flexibility index (Phi) is 5.85. The third-order valence-corrected chi connectivity index (χ3v) is 4.09. The van der Waals surface area contributed by atoms with E-state index < -0.39 is 5.54 Å². The average Bonchev–Trinajstić information content (AvgIpc) is 3.29. The van der Waals surface area contributed by atoms with Crippen LogP contribution in [0.1, 0.15) is 58.8 Å². The SMILES string of the molecule is CCOC(=O)C(C)(CCCCOCC1CC1)NC1CC1. The Hall–Kier alpha value is -0.610. The molecule has 0 aromatic heterocycles. The van der Waals surface area contributed by atoms with Gasteiger partial charge in [0.1, 0.15) is 5.54 Å². The fraction of sp³-hybridized carbons (Fsp3) is 0.938. The number of unbranched alkanes of at least 4 members (excludes halogenated alkanes) is 1. The van der Waals surface area contributed by atoms with Gasteiger partial charge in [0.05, 0.1) is 6.61 Å². The lowest BCUT2D eigenvalue weighted by molar-refractivity contribution is -0.151. The summed E-state index contributed by atoms with van der Waals surface area (Å²) >= 11 is 0. The van der Waals surface area contributed by atoms with Gasteiger partial charge in [-0.25, -0.2) is 0 Å². The van der Waals surface area contributed by atoms with E-state index in [4.69, 9.17) is 9.47 Å². The van der Waals surface area contributed by atoms with E-state index in [2.05, 4.69) is 5.32 Å². The van der Waals surface area contributed by atoms with Crippen molar-refractivity contribution in [3.05, 3.63) is 0 Å². The normalized spacial score (nSPS) is 21.5. The standard InChI is InChI=1S/C16H29NO3/c1-3-20-15(18)16(2,17-14-8-9-14)10-4-5-11-19-12-13-6-7-13/h13-14,17H,3-12H2,1-2H3. The van der Waals surface area contributed by atoms with Crippen LogP contribution in [0.25, 0.3) is 0 Å². The molecule has 20 heavy (non-hydrogen) atoms. The largest absolute Gasteiger partial charge is 0.465 e. The molecule has 0 radical (unpaired) electrons. The molecule has 1 N–H and O–H groups in total. The quantitative estimate of drug-likeness (QED) is 0.468. The molecule has 2 aliphatic carbocycles. The molecule has 0 bridgehead atoms. The number of nitrogens with one attached hydrogen (secondary N) is 1. The summed E-state index contributed by atoms with van der Waals surface area (Å²) in [6.07, 6.45) is 7.89. The first-order valence-electron chi connectivity index (χ1n) is 8.16. The minimum absolute atomic E-state index is 0.106. The van der Waals surface area contributed by atoms with Crippen molar-refractivity contribution in [2.24, 2.45) is 5.92 Å². The van der Waals surface area contributed by atoms with Gasteiger partial charge in [-0.2, -0.15) is 0 Å². The number of hydrogen-bond donors (Lipinski definition) is 1. The molecule has 4 heteroatoms. The summed E-state index contributed by atoms with van der Waals surface area (Å²) in [6.45, 7) is 6.04. The van der Waals surface area contributed by atoms with Crippen LogP contribution in [0.4, 0.5) is 0 Å². The lowest BCUT2D eigenvalue weighted by Gasteiger charge is -2.28. The second kappa shape index (κ2) is 7.41. The first-order valence-corrected chi connectivity index (χ1v) is 8.16. The maximum atomic E-state index is 12.1. The van der Waals surface area contributed by atoms with Crippen molar-refractivity contribution in [2.75, 3.05) is 19.8 Å². The second-order valence-corrected chi connectivity index (χ2v) is 6.45. The van der Waals surface area contributed by atoms with Crippen LogP contribution >= 0.6 is 0 Å². The molecule has 0 aliphatic heterocycles. The molecule has 2 aliphatic rings. The number of esters is 1. The van der Waals surface area contributed by atoms with E-state index in [0.29, 0.717) is 12.6 Å². The van der Waals surface area contributed by atoms with Gasteiger partial charge in [-0.1, -0.05) is 0 Å². The van der Waals surface area contributed by atoms with E-state index in [1.54, 1.807) is 0 Å². The van der Waals surface area contributed by atoms with Gasteiger partial charge >= 0.3 is 5.97 Å². The van der Waals surface area contributed by atoms with Crippen LogP contribution in [0.15, 0.2) is 0 Å². The Labute approximate surface area is 122 Å². The highest BCUT2D eigenvalue weighted by molar-refractivity contribution is 5.80. The lowest BCUT2D eigenvalue weighted by Crippen LogP contribution is -2.51. The molecule has 0 aromatic carbocycles.